The Kier molecular flexibility index (Phi) is 2.63. The third-order valence-corrected chi connectivity index (χ3v) is 2.83. The topological polar surface area (TPSA) is 42.2 Å². The number of fused-ring (bicyclic) bond motifs is 1. The van der Waals surface area contributed by atoms with Crippen molar-refractivity contribution in [2.45, 2.75) is 0 Å². The largest absolute Gasteiger partial charge is 0.357 e. The molecule has 0 bridgehead atoms. The summed E-state index contributed by atoms with van der Waals surface area (Å²) < 4.78 is 28.9. The zero-order chi connectivity index (χ0) is 13.4. The van der Waals surface area contributed by atoms with E-state index in [2.05, 4.69) is 15.4 Å². The SMILES string of the molecule is CNc1ncc2ccc(-c3c(F)cccc3F)nn12. The molecule has 3 rings (SSSR count). The molecule has 96 valence electrons. The molecule has 3 aromatic rings. The van der Waals surface area contributed by atoms with Crippen molar-refractivity contribution in [3.63, 3.8) is 0 Å². The van der Waals surface area contributed by atoms with Crippen LogP contribution in [0.15, 0.2) is 36.5 Å². The van der Waals surface area contributed by atoms with Crippen LogP contribution in [0.5, 0.6) is 0 Å². The number of aromatic nitrogens is 3. The minimum absolute atomic E-state index is 0.139. The number of anilines is 1. The van der Waals surface area contributed by atoms with Crippen LogP contribution >= 0.6 is 0 Å². The molecule has 0 atom stereocenters. The van der Waals surface area contributed by atoms with Gasteiger partial charge in [0.15, 0.2) is 0 Å². The molecule has 6 heteroatoms. The molecule has 0 saturated heterocycles. The van der Waals surface area contributed by atoms with E-state index in [1.807, 2.05) is 0 Å². The monoisotopic (exact) mass is 260 g/mol. The van der Waals surface area contributed by atoms with Gasteiger partial charge in [-0.25, -0.2) is 13.8 Å². The lowest BCUT2D eigenvalue weighted by atomic mass is 10.1. The minimum Gasteiger partial charge on any atom is -0.357 e. The first-order chi connectivity index (χ1) is 9.20. The molecule has 1 N–H and O–H groups in total. The molecule has 0 saturated carbocycles. The van der Waals surface area contributed by atoms with E-state index in [1.54, 1.807) is 25.4 Å². The molecule has 19 heavy (non-hydrogen) atoms. The van der Waals surface area contributed by atoms with Crippen LogP contribution < -0.4 is 5.32 Å². The Morgan fingerprint density at radius 1 is 1.11 bits per heavy atom. The third kappa shape index (κ3) is 1.81. The van der Waals surface area contributed by atoms with E-state index >= 15 is 0 Å². The Balaban J connectivity index is 2.25. The second-order valence-corrected chi connectivity index (χ2v) is 3.98. The number of benzene rings is 1. The van der Waals surface area contributed by atoms with Gasteiger partial charge in [0.25, 0.3) is 0 Å². The quantitative estimate of drug-likeness (QED) is 0.770. The Bertz CT molecular complexity index is 731. The van der Waals surface area contributed by atoms with Crippen molar-refractivity contribution in [1.29, 1.82) is 0 Å². The first-order valence-corrected chi connectivity index (χ1v) is 5.67. The highest BCUT2D eigenvalue weighted by atomic mass is 19.1. The van der Waals surface area contributed by atoms with Crippen molar-refractivity contribution in [1.82, 2.24) is 14.6 Å². The zero-order valence-electron chi connectivity index (χ0n) is 10.1. The molecule has 2 heterocycles. The van der Waals surface area contributed by atoms with Gasteiger partial charge in [-0.1, -0.05) is 6.07 Å². The Morgan fingerprint density at radius 3 is 2.53 bits per heavy atom. The van der Waals surface area contributed by atoms with Gasteiger partial charge in [-0.15, -0.1) is 0 Å². The molecular weight excluding hydrogens is 250 g/mol. The van der Waals surface area contributed by atoms with E-state index in [9.17, 15) is 8.78 Å². The highest BCUT2D eigenvalue weighted by molar-refractivity contribution is 5.63. The molecule has 0 aliphatic rings. The lowest BCUT2D eigenvalue weighted by molar-refractivity contribution is 0.588. The second kappa shape index (κ2) is 4.31. The van der Waals surface area contributed by atoms with E-state index in [1.165, 1.54) is 22.7 Å². The van der Waals surface area contributed by atoms with Crippen LogP contribution in [0.4, 0.5) is 14.7 Å². The lowest BCUT2D eigenvalue weighted by Gasteiger charge is -2.05. The smallest absolute Gasteiger partial charge is 0.224 e. The molecule has 0 radical (unpaired) electrons. The Hall–Kier alpha value is -2.50. The Labute approximate surface area is 107 Å². The molecule has 0 aliphatic heterocycles. The van der Waals surface area contributed by atoms with E-state index in [0.29, 0.717) is 5.95 Å². The number of rotatable bonds is 2. The van der Waals surface area contributed by atoms with E-state index < -0.39 is 11.6 Å². The number of halogens is 2. The summed E-state index contributed by atoms with van der Waals surface area (Å²) in [5.41, 5.74) is 0.822. The maximum absolute atomic E-state index is 13.7. The van der Waals surface area contributed by atoms with Crippen molar-refractivity contribution in [2.24, 2.45) is 0 Å². The summed E-state index contributed by atoms with van der Waals surface area (Å²) in [4.78, 5) is 4.10. The van der Waals surface area contributed by atoms with Crippen molar-refractivity contribution in [3.05, 3.63) is 48.2 Å². The zero-order valence-corrected chi connectivity index (χ0v) is 10.1. The Morgan fingerprint density at radius 2 is 1.84 bits per heavy atom. The van der Waals surface area contributed by atoms with E-state index in [0.717, 1.165) is 5.52 Å². The fraction of sp³-hybridized carbons (Fsp3) is 0.0769. The van der Waals surface area contributed by atoms with E-state index in [-0.39, 0.29) is 11.3 Å². The molecule has 0 unspecified atom stereocenters. The first kappa shape index (κ1) is 11.6. The first-order valence-electron chi connectivity index (χ1n) is 5.67. The van der Waals surface area contributed by atoms with Crippen LogP contribution in [-0.2, 0) is 0 Å². The van der Waals surface area contributed by atoms with Gasteiger partial charge in [-0.3, -0.25) is 0 Å². The molecule has 2 aromatic heterocycles. The lowest BCUT2D eigenvalue weighted by Crippen LogP contribution is -2.02. The highest BCUT2D eigenvalue weighted by Gasteiger charge is 2.13. The van der Waals surface area contributed by atoms with Gasteiger partial charge in [0.1, 0.15) is 11.6 Å². The van der Waals surface area contributed by atoms with Gasteiger partial charge >= 0.3 is 0 Å². The molecular formula is C13H10F2N4. The maximum Gasteiger partial charge on any atom is 0.224 e. The van der Waals surface area contributed by atoms with Crippen LogP contribution in [0, 0.1) is 11.6 Å². The van der Waals surface area contributed by atoms with Crippen LogP contribution in [0.25, 0.3) is 16.8 Å². The molecule has 0 spiro atoms. The summed E-state index contributed by atoms with van der Waals surface area (Å²) >= 11 is 0. The van der Waals surface area contributed by atoms with Crippen LogP contribution in [0.1, 0.15) is 0 Å². The normalized spacial score (nSPS) is 10.9. The average Bonchev–Trinajstić information content (AvgIpc) is 2.81. The summed E-state index contributed by atoms with van der Waals surface area (Å²) in [6, 6.07) is 7.01. The number of imidazole rings is 1. The van der Waals surface area contributed by atoms with Crippen LogP contribution in [0.3, 0.4) is 0 Å². The van der Waals surface area contributed by atoms with Gasteiger partial charge in [-0.05, 0) is 24.3 Å². The average molecular weight is 260 g/mol. The summed E-state index contributed by atoms with van der Waals surface area (Å²) in [5, 5.41) is 7.07. The van der Waals surface area contributed by atoms with Gasteiger partial charge < -0.3 is 5.32 Å². The predicted molar refractivity (Wildman–Crippen MR) is 67.9 cm³/mol. The highest BCUT2D eigenvalue weighted by Crippen LogP contribution is 2.24. The predicted octanol–water partition coefficient (Wildman–Crippen LogP) is 2.72. The van der Waals surface area contributed by atoms with Crippen molar-refractivity contribution < 1.29 is 8.78 Å². The molecule has 0 aliphatic carbocycles. The number of nitrogens with one attached hydrogen (secondary N) is 1. The molecule has 1 aromatic carbocycles. The van der Waals surface area contributed by atoms with E-state index in [4.69, 9.17) is 0 Å². The molecule has 0 fully saturated rings. The standard InChI is InChI=1S/C13H10F2N4/c1-16-13-17-7-8-5-6-11(18-19(8)13)12-9(14)3-2-4-10(12)15/h2-7H,1H3,(H,16,17). The maximum atomic E-state index is 13.7. The van der Waals surface area contributed by atoms with Crippen molar-refractivity contribution in [2.75, 3.05) is 12.4 Å². The van der Waals surface area contributed by atoms with Gasteiger partial charge in [0.2, 0.25) is 5.95 Å². The molecule has 0 amide bonds. The fourth-order valence-corrected chi connectivity index (χ4v) is 1.93. The van der Waals surface area contributed by atoms with Gasteiger partial charge in [0.05, 0.1) is 23.0 Å². The van der Waals surface area contributed by atoms with Gasteiger partial charge in [-0.2, -0.15) is 9.61 Å². The molecule has 4 nitrogen and oxygen atoms in total. The summed E-state index contributed by atoms with van der Waals surface area (Å²) in [6.07, 6.45) is 1.63. The third-order valence-electron chi connectivity index (χ3n) is 2.83. The second-order valence-electron chi connectivity index (χ2n) is 3.98. The van der Waals surface area contributed by atoms with Crippen molar-refractivity contribution >= 4 is 11.5 Å². The van der Waals surface area contributed by atoms with Crippen LogP contribution in [0.2, 0.25) is 0 Å². The summed E-state index contributed by atoms with van der Waals surface area (Å²) in [7, 11) is 1.70. The summed E-state index contributed by atoms with van der Waals surface area (Å²) in [6.45, 7) is 0. The van der Waals surface area contributed by atoms with Crippen LogP contribution in [-0.4, -0.2) is 21.6 Å². The van der Waals surface area contributed by atoms with Crippen molar-refractivity contribution in [3.8, 4) is 11.3 Å². The fourth-order valence-electron chi connectivity index (χ4n) is 1.93. The van der Waals surface area contributed by atoms with Gasteiger partial charge in [0, 0.05) is 7.05 Å². The number of nitrogens with zero attached hydrogens (tertiary/aromatic N) is 3. The minimum atomic E-state index is -0.641. The summed E-state index contributed by atoms with van der Waals surface area (Å²) in [5.74, 6) is -0.774. The number of hydrogen-bond acceptors (Lipinski definition) is 3. The number of hydrogen-bond donors (Lipinski definition) is 1.